The Bertz CT molecular complexity index is 108. The van der Waals surface area contributed by atoms with Gasteiger partial charge >= 0.3 is 0 Å². The minimum absolute atomic E-state index is 0.0297. The van der Waals surface area contributed by atoms with Crippen LogP contribution in [0.15, 0.2) is 12.2 Å². The molecule has 60 valence electrons. The Balaban J connectivity index is 3.46. The highest BCUT2D eigenvalue weighted by atomic mass is 14.7. The predicted octanol–water partition coefficient (Wildman–Crippen LogP) is 2.47. The quantitative estimate of drug-likeness (QED) is 0.598. The summed E-state index contributed by atoms with van der Waals surface area (Å²) in [6, 6.07) is 0. The highest BCUT2D eigenvalue weighted by molar-refractivity contribution is 4.94. The molecule has 0 radical (unpaired) electrons. The van der Waals surface area contributed by atoms with Crippen LogP contribution in [0.5, 0.6) is 0 Å². The van der Waals surface area contributed by atoms with Gasteiger partial charge in [0.1, 0.15) is 0 Å². The SMILES string of the molecule is C=C(CC)CCC(C)(C)N. The molecule has 0 heterocycles. The van der Waals surface area contributed by atoms with Crippen LogP contribution in [0.2, 0.25) is 0 Å². The Morgan fingerprint density at radius 1 is 1.50 bits per heavy atom. The topological polar surface area (TPSA) is 26.0 Å². The Morgan fingerprint density at radius 3 is 2.30 bits per heavy atom. The predicted molar refractivity (Wildman–Crippen MR) is 46.9 cm³/mol. The minimum Gasteiger partial charge on any atom is -0.326 e. The average molecular weight is 141 g/mol. The zero-order valence-electron chi connectivity index (χ0n) is 7.41. The van der Waals surface area contributed by atoms with E-state index in [-0.39, 0.29) is 5.54 Å². The van der Waals surface area contributed by atoms with Gasteiger partial charge in [-0.3, -0.25) is 0 Å². The Morgan fingerprint density at radius 2 is 2.00 bits per heavy atom. The van der Waals surface area contributed by atoms with E-state index in [1.807, 2.05) is 0 Å². The van der Waals surface area contributed by atoms with Crippen LogP contribution < -0.4 is 5.73 Å². The van der Waals surface area contributed by atoms with Gasteiger partial charge in [0.25, 0.3) is 0 Å². The largest absolute Gasteiger partial charge is 0.326 e. The number of hydrogen-bond donors (Lipinski definition) is 1. The van der Waals surface area contributed by atoms with Crippen LogP contribution in [0.1, 0.15) is 40.0 Å². The molecule has 0 aromatic heterocycles. The maximum atomic E-state index is 5.80. The smallest absolute Gasteiger partial charge is 0.0100 e. The van der Waals surface area contributed by atoms with Crippen LogP contribution in [-0.2, 0) is 0 Å². The van der Waals surface area contributed by atoms with E-state index in [4.69, 9.17) is 5.73 Å². The summed E-state index contributed by atoms with van der Waals surface area (Å²) in [6.07, 6.45) is 3.19. The Kier molecular flexibility index (Phi) is 3.66. The fourth-order valence-electron chi connectivity index (χ4n) is 0.676. The standard InChI is InChI=1S/C9H19N/c1-5-8(2)6-7-9(3,4)10/h2,5-7,10H2,1,3-4H3. The molecule has 0 amide bonds. The zero-order valence-corrected chi connectivity index (χ0v) is 7.41. The molecule has 0 aliphatic heterocycles. The lowest BCUT2D eigenvalue weighted by molar-refractivity contribution is 0.474. The van der Waals surface area contributed by atoms with Gasteiger partial charge in [-0.1, -0.05) is 19.1 Å². The highest BCUT2D eigenvalue weighted by Crippen LogP contribution is 2.13. The van der Waals surface area contributed by atoms with Gasteiger partial charge in [-0.25, -0.2) is 0 Å². The maximum absolute atomic E-state index is 5.80. The lowest BCUT2D eigenvalue weighted by Gasteiger charge is -2.18. The number of rotatable bonds is 4. The van der Waals surface area contributed by atoms with Gasteiger partial charge in [0, 0.05) is 5.54 Å². The van der Waals surface area contributed by atoms with Crippen molar-refractivity contribution in [3.05, 3.63) is 12.2 Å². The molecule has 0 aliphatic rings. The summed E-state index contributed by atoms with van der Waals surface area (Å²) in [7, 11) is 0. The van der Waals surface area contributed by atoms with Gasteiger partial charge < -0.3 is 5.73 Å². The summed E-state index contributed by atoms with van der Waals surface area (Å²) >= 11 is 0. The summed E-state index contributed by atoms with van der Waals surface area (Å²) in [4.78, 5) is 0. The molecule has 0 atom stereocenters. The van der Waals surface area contributed by atoms with Gasteiger partial charge in [0.2, 0.25) is 0 Å². The van der Waals surface area contributed by atoms with E-state index in [0.29, 0.717) is 0 Å². The maximum Gasteiger partial charge on any atom is 0.0100 e. The number of nitrogens with two attached hydrogens (primary N) is 1. The summed E-state index contributed by atoms with van der Waals surface area (Å²) in [5, 5.41) is 0. The number of hydrogen-bond acceptors (Lipinski definition) is 1. The van der Waals surface area contributed by atoms with E-state index in [9.17, 15) is 0 Å². The molecule has 1 nitrogen and oxygen atoms in total. The molecule has 0 aromatic rings. The van der Waals surface area contributed by atoms with Crippen LogP contribution in [-0.4, -0.2) is 5.54 Å². The molecular weight excluding hydrogens is 122 g/mol. The van der Waals surface area contributed by atoms with E-state index in [1.54, 1.807) is 0 Å². The molecule has 0 bridgehead atoms. The molecule has 10 heavy (non-hydrogen) atoms. The highest BCUT2D eigenvalue weighted by Gasteiger charge is 2.09. The number of allylic oxidation sites excluding steroid dienone is 1. The first-order chi connectivity index (χ1) is 4.45. The first-order valence-corrected chi connectivity index (χ1v) is 3.91. The van der Waals surface area contributed by atoms with Gasteiger partial charge in [0.05, 0.1) is 0 Å². The molecular formula is C9H19N. The van der Waals surface area contributed by atoms with Crippen molar-refractivity contribution < 1.29 is 0 Å². The van der Waals surface area contributed by atoms with Crippen molar-refractivity contribution in [3.63, 3.8) is 0 Å². The average Bonchev–Trinajstić information content (AvgIpc) is 1.81. The molecule has 0 aliphatic carbocycles. The second-order valence-corrected chi connectivity index (χ2v) is 3.59. The van der Waals surface area contributed by atoms with Crippen LogP contribution in [0, 0.1) is 0 Å². The van der Waals surface area contributed by atoms with Crippen LogP contribution in [0.3, 0.4) is 0 Å². The lowest BCUT2D eigenvalue weighted by atomic mass is 9.96. The Labute approximate surface area is 64.3 Å². The van der Waals surface area contributed by atoms with Crippen molar-refractivity contribution in [2.75, 3.05) is 0 Å². The van der Waals surface area contributed by atoms with Gasteiger partial charge in [0.15, 0.2) is 0 Å². The monoisotopic (exact) mass is 141 g/mol. The minimum atomic E-state index is -0.0297. The molecule has 0 saturated carbocycles. The van der Waals surface area contributed by atoms with Crippen molar-refractivity contribution >= 4 is 0 Å². The fraction of sp³-hybridized carbons (Fsp3) is 0.778. The summed E-state index contributed by atoms with van der Waals surface area (Å²) in [5.74, 6) is 0. The second-order valence-electron chi connectivity index (χ2n) is 3.59. The van der Waals surface area contributed by atoms with E-state index >= 15 is 0 Å². The molecule has 2 N–H and O–H groups in total. The van der Waals surface area contributed by atoms with Gasteiger partial charge in [-0.2, -0.15) is 0 Å². The van der Waals surface area contributed by atoms with E-state index in [2.05, 4.69) is 27.4 Å². The third kappa shape index (κ3) is 5.83. The second kappa shape index (κ2) is 3.77. The van der Waals surface area contributed by atoms with Crippen molar-refractivity contribution in [3.8, 4) is 0 Å². The third-order valence-electron chi connectivity index (χ3n) is 1.62. The van der Waals surface area contributed by atoms with E-state index in [0.717, 1.165) is 19.3 Å². The zero-order chi connectivity index (χ0) is 8.20. The summed E-state index contributed by atoms with van der Waals surface area (Å²) in [6.45, 7) is 10.2. The van der Waals surface area contributed by atoms with E-state index in [1.165, 1.54) is 5.57 Å². The lowest BCUT2D eigenvalue weighted by Crippen LogP contribution is -2.31. The van der Waals surface area contributed by atoms with Crippen molar-refractivity contribution in [2.24, 2.45) is 5.73 Å². The van der Waals surface area contributed by atoms with Crippen molar-refractivity contribution in [1.29, 1.82) is 0 Å². The van der Waals surface area contributed by atoms with Crippen LogP contribution in [0.25, 0.3) is 0 Å². The van der Waals surface area contributed by atoms with Gasteiger partial charge in [-0.15, -0.1) is 0 Å². The normalized spacial score (nSPS) is 11.6. The van der Waals surface area contributed by atoms with Crippen molar-refractivity contribution in [2.45, 2.75) is 45.6 Å². The van der Waals surface area contributed by atoms with E-state index < -0.39 is 0 Å². The molecule has 0 fully saturated rings. The molecule has 0 spiro atoms. The Hall–Kier alpha value is -0.300. The van der Waals surface area contributed by atoms with Crippen LogP contribution in [0.4, 0.5) is 0 Å². The van der Waals surface area contributed by atoms with Crippen LogP contribution >= 0.6 is 0 Å². The van der Waals surface area contributed by atoms with Crippen molar-refractivity contribution in [1.82, 2.24) is 0 Å². The summed E-state index contributed by atoms with van der Waals surface area (Å²) in [5.41, 5.74) is 7.07. The molecule has 0 aromatic carbocycles. The molecule has 0 rings (SSSR count). The third-order valence-corrected chi connectivity index (χ3v) is 1.62. The molecule has 0 unspecified atom stereocenters. The first-order valence-electron chi connectivity index (χ1n) is 3.91. The molecule has 1 heteroatoms. The molecule has 0 saturated heterocycles. The first kappa shape index (κ1) is 9.70. The summed E-state index contributed by atoms with van der Waals surface area (Å²) < 4.78 is 0. The van der Waals surface area contributed by atoms with Gasteiger partial charge in [-0.05, 0) is 33.1 Å². The fourth-order valence-corrected chi connectivity index (χ4v) is 0.676.